The number of hydrogen-bond donors (Lipinski definition) is 1. The number of hydrogen-bond acceptors (Lipinski definition) is 3. The molecule has 0 radical (unpaired) electrons. The van der Waals surface area contributed by atoms with Crippen molar-refractivity contribution in [1.82, 2.24) is 4.90 Å². The molecule has 3 heteroatoms. The molecule has 0 bridgehead atoms. The van der Waals surface area contributed by atoms with Gasteiger partial charge in [-0.3, -0.25) is 0 Å². The maximum atomic E-state index is 6.16. The molecule has 0 spiro atoms. The van der Waals surface area contributed by atoms with Crippen LogP contribution in [0.4, 0.5) is 0 Å². The van der Waals surface area contributed by atoms with Gasteiger partial charge in [-0.15, -0.1) is 0 Å². The van der Waals surface area contributed by atoms with Crippen LogP contribution in [-0.2, 0) is 0 Å². The topological polar surface area (TPSA) is 38.5 Å². The van der Waals surface area contributed by atoms with Gasteiger partial charge in [-0.2, -0.15) is 0 Å². The van der Waals surface area contributed by atoms with E-state index in [2.05, 4.69) is 43.9 Å². The molecule has 1 aliphatic heterocycles. The van der Waals surface area contributed by atoms with Gasteiger partial charge in [-0.25, -0.2) is 0 Å². The number of nitrogens with two attached hydrogens (primary N) is 1. The van der Waals surface area contributed by atoms with Crippen molar-refractivity contribution in [3.8, 4) is 5.75 Å². The van der Waals surface area contributed by atoms with Gasteiger partial charge >= 0.3 is 0 Å². The van der Waals surface area contributed by atoms with Crippen molar-refractivity contribution in [1.29, 1.82) is 0 Å². The molecule has 0 aromatic heterocycles. The third-order valence-electron chi connectivity index (χ3n) is 4.88. The van der Waals surface area contributed by atoms with E-state index in [1.54, 1.807) is 0 Å². The highest BCUT2D eigenvalue weighted by atomic mass is 16.5. The van der Waals surface area contributed by atoms with Crippen LogP contribution < -0.4 is 10.5 Å². The molecule has 0 amide bonds. The molecule has 1 heterocycles. The Balaban J connectivity index is 2.17. The van der Waals surface area contributed by atoms with Gasteiger partial charge in [0.15, 0.2) is 0 Å². The molecule has 2 unspecified atom stereocenters. The molecule has 2 rings (SSSR count). The zero-order chi connectivity index (χ0) is 15.9. The average Bonchev–Trinajstić information content (AvgIpc) is 2.55. The molecule has 1 fully saturated rings. The summed E-state index contributed by atoms with van der Waals surface area (Å²) in [4.78, 5) is 2.61. The average molecular weight is 304 g/mol. The van der Waals surface area contributed by atoms with Crippen molar-refractivity contribution in [2.75, 3.05) is 26.2 Å². The predicted octanol–water partition coefficient (Wildman–Crippen LogP) is 3.70. The third-order valence-corrected chi connectivity index (χ3v) is 4.88. The van der Waals surface area contributed by atoms with Crippen molar-refractivity contribution >= 4 is 0 Å². The van der Waals surface area contributed by atoms with E-state index < -0.39 is 0 Å². The van der Waals surface area contributed by atoms with Crippen LogP contribution >= 0.6 is 0 Å². The lowest BCUT2D eigenvalue weighted by Gasteiger charge is -2.40. The molecule has 0 aliphatic carbocycles. The Hall–Kier alpha value is -1.06. The Morgan fingerprint density at radius 3 is 2.77 bits per heavy atom. The van der Waals surface area contributed by atoms with Crippen molar-refractivity contribution in [3.63, 3.8) is 0 Å². The van der Waals surface area contributed by atoms with Crippen LogP contribution in [-0.4, -0.2) is 37.2 Å². The number of likely N-dealkylation sites (tertiary alicyclic amines) is 1. The molecule has 22 heavy (non-hydrogen) atoms. The first-order valence-corrected chi connectivity index (χ1v) is 8.88. The summed E-state index contributed by atoms with van der Waals surface area (Å²) in [6, 6.07) is 7.22. The molecule has 0 saturated carbocycles. The number of likely N-dealkylation sites (N-methyl/N-ethyl adjacent to an activating group) is 1. The second-order valence-electron chi connectivity index (χ2n) is 6.41. The lowest BCUT2D eigenvalue weighted by molar-refractivity contribution is 0.134. The Labute approximate surface area is 135 Å². The van der Waals surface area contributed by atoms with E-state index in [-0.39, 0.29) is 0 Å². The first-order chi connectivity index (χ1) is 10.7. The van der Waals surface area contributed by atoms with Gasteiger partial charge in [-0.1, -0.05) is 32.4 Å². The van der Waals surface area contributed by atoms with Gasteiger partial charge < -0.3 is 15.4 Å². The minimum atomic E-state index is 0.430. The largest absolute Gasteiger partial charge is 0.493 e. The maximum absolute atomic E-state index is 6.16. The van der Waals surface area contributed by atoms with Gasteiger partial charge in [-0.05, 0) is 56.5 Å². The minimum absolute atomic E-state index is 0.430. The summed E-state index contributed by atoms with van der Waals surface area (Å²) < 4.78 is 5.80. The number of piperidine rings is 1. The summed E-state index contributed by atoms with van der Waals surface area (Å²) in [6.07, 6.45) is 4.96. The highest BCUT2D eigenvalue weighted by Gasteiger charge is 2.29. The standard InChI is InChI=1S/C19H32N2O/c1-4-12-22-19-10-9-16(13-15(19)3)17(14-20)18-8-6-7-11-21(18)5-2/h9-10,13,17-18H,4-8,11-12,14,20H2,1-3H3. The number of nitrogens with zero attached hydrogens (tertiary/aromatic N) is 1. The number of rotatable bonds is 7. The fourth-order valence-corrected chi connectivity index (χ4v) is 3.66. The van der Waals surface area contributed by atoms with Gasteiger partial charge in [0.05, 0.1) is 6.61 Å². The van der Waals surface area contributed by atoms with E-state index in [0.29, 0.717) is 12.0 Å². The zero-order valence-electron chi connectivity index (χ0n) is 14.5. The van der Waals surface area contributed by atoms with E-state index in [0.717, 1.165) is 31.9 Å². The zero-order valence-corrected chi connectivity index (χ0v) is 14.5. The summed E-state index contributed by atoms with van der Waals surface area (Å²) in [5.41, 5.74) is 8.76. The number of aryl methyl sites for hydroxylation is 1. The van der Waals surface area contributed by atoms with Crippen molar-refractivity contribution in [2.24, 2.45) is 5.73 Å². The highest BCUT2D eigenvalue weighted by molar-refractivity contribution is 5.38. The van der Waals surface area contributed by atoms with Crippen LogP contribution in [0, 0.1) is 6.92 Å². The molecular weight excluding hydrogens is 272 g/mol. The monoisotopic (exact) mass is 304 g/mol. The lowest BCUT2D eigenvalue weighted by Crippen LogP contribution is -2.45. The summed E-state index contributed by atoms with van der Waals surface area (Å²) in [6.45, 7) is 10.4. The van der Waals surface area contributed by atoms with Gasteiger partial charge in [0.1, 0.15) is 5.75 Å². The van der Waals surface area contributed by atoms with E-state index in [4.69, 9.17) is 10.5 Å². The normalized spacial score (nSPS) is 20.8. The Kier molecular flexibility index (Phi) is 6.71. The second-order valence-corrected chi connectivity index (χ2v) is 6.41. The minimum Gasteiger partial charge on any atom is -0.493 e. The van der Waals surface area contributed by atoms with Crippen molar-refractivity contribution in [3.05, 3.63) is 29.3 Å². The first-order valence-electron chi connectivity index (χ1n) is 8.88. The molecule has 1 aliphatic rings. The lowest BCUT2D eigenvalue weighted by atomic mass is 9.84. The highest BCUT2D eigenvalue weighted by Crippen LogP contribution is 2.32. The van der Waals surface area contributed by atoms with Crippen LogP contribution in [0.25, 0.3) is 0 Å². The molecule has 1 saturated heterocycles. The molecule has 2 atom stereocenters. The second kappa shape index (κ2) is 8.54. The quantitative estimate of drug-likeness (QED) is 0.834. The van der Waals surface area contributed by atoms with E-state index in [1.165, 1.54) is 36.9 Å². The Morgan fingerprint density at radius 1 is 1.32 bits per heavy atom. The number of benzene rings is 1. The fraction of sp³-hybridized carbons (Fsp3) is 0.684. The van der Waals surface area contributed by atoms with Crippen LogP contribution in [0.2, 0.25) is 0 Å². The van der Waals surface area contributed by atoms with Gasteiger partial charge in [0.2, 0.25) is 0 Å². The van der Waals surface area contributed by atoms with Crippen molar-refractivity contribution in [2.45, 2.75) is 58.4 Å². The number of ether oxygens (including phenoxy) is 1. The Morgan fingerprint density at radius 2 is 2.14 bits per heavy atom. The van der Waals surface area contributed by atoms with Crippen LogP contribution in [0.3, 0.4) is 0 Å². The predicted molar refractivity (Wildman–Crippen MR) is 93.6 cm³/mol. The Bertz CT molecular complexity index is 461. The van der Waals surface area contributed by atoms with Crippen molar-refractivity contribution < 1.29 is 4.74 Å². The smallest absolute Gasteiger partial charge is 0.122 e. The van der Waals surface area contributed by atoms with Crippen LogP contribution in [0.1, 0.15) is 56.6 Å². The summed E-state index contributed by atoms with van der Waals surface area (Å²) >= 11 is 0. The SMILES string of the molecule is CCCOc1ccc(C(CN)C2CCCCN2CC)cc1C. The van der Waals surface area contributed by atoms with Gasteiger partial charge in [0, 0.05) is 18.5 Å². The summed E-state index contributed by atoms with van der Waals surface area (Å²) in [5, 5.41) is 0. The summed E-state index contributed by atoms with van der Waals surface area (Å²) in [7, 11) is 0. The maximum Gasteiger partial charge on any atom is 0.122 e. The molecule has 3 nitrogen and oxygen atoms in total. The van der Waals surface area contributed by atoms with E-state index in [1.807, 2.05) is 0 Å². The van der Waals surface area contributed by atoms with Crippen LogP contribution in [0.5, 0.6) is 5.75 Å². The van der Waals surface area contributed by atoms with Crippen LogP contribution in [0.15, 0.2) is 18.2 Å². The summed E-state index contributed by atoms with van der Waals surface area (Å²) in [5.74, 6) is 1.44. The molecule has 1 aromatic rings. The van der Waals surface area contributed by atoms with E-state index >= 15 is 0 Å². The molecule has 124 valence electrons. The third kappa shape index (κ3) is 4.02. The first kappa shape index (κ1) is 17.3. The molecule has 2 N–H and O–H groups in total. The van der Waals surface area contributed by atoms with E-state index in [9.17, 15) is 0 Å². The van der Waals surface area contributed by atoms with Gasteiger partial charge in [0.25, 0.3) is 0 Å². The fourth-order valence-electron chi connectivity index (χ4n) is 3.66. The molecular formula is C19H32N2O. The molecule has 1 aromatic carbocycles.